The molecule has 0 saturated carbocycles. The minimum Gasteiger partial charge on any atom is -0.370 e. The maximum atomic E-state index is 11.5. The molecule has 0 fully saturated rings. The van der Waals surface area contributed by atoms with Crippen LogP contribution in [-0.4, -0.2) is 24.9 Å². The van der Waals surface area contributed by atoms with Crippen LogP contribution in [0.4, 0.5) is 0 Å². The smallest absolute Gasteiger partial charge is 0.370 e. The second-order valence-electron chi connectivity index (χ2n) is 1.90. The lowest BCUT2D eigenvalue weighted by atomic mass is 10.8. The summed E-state index contributed by atoms with van der Waals surface area (Å²) >= 11 is 3.66. The highest BCUT2D eigenvalue weighted by Crippen LogP contribution is 2.49. The molecule has 7 heteroatoms. The van der Waals surface area contributed by atoms with Crippen molar-refractivity contribution in [2.45, 2.75) is 13.8 Å². The molecule has 0 rings (SSSR count). The molecule has 0 unspecified atom stereocenters. The fourth-order valence-corrected chi connectivity index (χ4v) is 1.85. The van der Waals surface area contributed by atoms with Crippen LogP contribution in [0.3, 0.4) is 0 Å². The number of rotatable bonds is 6. The van der Waals surface area contributed by atoms with E-state index in [1.54, 1.807) is 13.8 Å². The fourth-order valence-electron chi connectivity index (χ4n) is 0.560. The highest BCUT2D eigenvalue weighted by atomic mass is 32.1. The molecular formula is C6H13O5PS. The molecule has 0 radical (unpaired) electrons. The first-order valence-corrected chi connectivity index (χ1v) is 5.89. The molecule has 0 aromatic carbocycles. The van der Waals surface area contributed by atoms with Crippen LogP contribution in [0.15, 0.2) is 0 Å². The normalized spacial score (nSPS) is 11.3. The van der Waals surface area contributed by atoms with Crippen LogP contribution in [0.1, 0.15) is 13.8 Å². The fraction of sp³-hybridized carbons (Fsp3) is 0.833. The molecule has 0 aliphatic heterocycles. The number of hydrogen-bond donors (Lipinski definition) is 1. The van der Waals surface area contributed by atoms with Gasteiger partial charge in [0.25, 0.3) is 0 Å². The molecular weight excluding hydrogens is 215 g/mol. The monoisotopic (exact) mass is 228 g/mol. The largest absolute Gasteiger partial charge is 0.532 e. The summed E-state index contributed by atoms with van der Waals surface area (Å²) in [5, 5.41) is 0. The first-order chi connectivity index (χ1) is 6.08. The van der Waals surface area contributed by atoms with Gasteiger partial charge >= 0.3 is 13.8 Å². The predicted molar refractivity (Wildman–Crippen MR) is 50.8 cm³/mol. The number of hydrogen-bond acceptors (Lipinski definition) is 6. The van der Waals surface area contributed by atoms with Crippen LogP contribution in [-0.2, 0) is 22.9 Å². The molecule has 0 amide bonds. The average molecular weight is 228 g/mol. The van der Waals surface area contributed by atoms with Crippen LogP contribution in [0.5, 0.6) is 0 Å². The lowest BCUT2D eigenvalue weighted by Crippen LogP contribution is -2.08. The lowest BCUT2D eigenvalue weighted by Gasteiger charge is -2.14. The molecule has 78 valence electrons. The molecule has 0 aliphatic carbocycles. The Labute approximate surface area is 82.8 Å². The predicted octanol–water partition coefficient (Wildman–Crippen LogP) is 1.64. The van der Waals surface area contributed by atoms with E-state index in [1.165, 1.54) is 0 Å². The summed E-state index contributed by atoms with van der Waals surface area (Å²) in [5.74, 6) is -0.891. The summed E-state index contributed by atoms with van der Waals surface area (Å²) < 4.78 is 25.3. The number of thiol groups is 1. The van der Waals surface area contributed by atoms with Crippen molar-refractivity contribution in [2.24, 2.45) is 0 Å². The highest BCUT2D eigenvalue weighted by Gasteiger charge is 2.29. The van der Waals surface area contributed by atoms with Crippen LogP contribution in [0, 0.1) is 0 Å². The van der Waals surface area contributed by atoms with Gasteiger partial charge in [0.15, 0.2) is 0 Å². The van der Waals surface area contributed by atoms with Crippen molar-refractivity contribution >= 4 is 26.4 Å². The standard InChI is InChI=1S/C6H13O5PS/c1-3-9-12(8,10-4-2)11-6(7)5-13/h13H,3-5H2,1-2H3. The van der Waals surface area contributed by atoms with Gasteiger partial charge < -0.3 is 4.52 Å². The Balaban J connectivity index is 4.23. The second kappa shape index (κ2) is 6.43. The van der Waals surface area contributed by atoms with Gasteiger partial charge in [0.05, 0.1) is 19.0 Å². The molecule has 0 atom stereocenters. The third-order valence-corrected chi connectivity index (χ3v) is 2.75. The van der Waals surface area contributed by atoms with Crippen LogP contribution < -0.4 is 0 Å². The summed E-state index contributed by atoms with van der Waals surface area (Å²) in [6.07, 6.45) is 0. The first kappa shape index (κ1) is 13.0. The zero-order valence-electron chi connectivity index (χ0n) is 7.56. The number of carbonyl (C=O) groups excluding carboxylic acids is 1. The van der Waals surface area contributed by atoms with Crippen molar-refractivity contribution in [3.63, 3.8) is 0 Å². The van der Waals surface area contributed by atoms with Gasteiger partial charge in [-0.1, -0.05) is 0 Å². The van der Waals surface area contributed by atoms with Crippen LogP contribution >= 0.6 is 20.5 Å². The van der Waals surface area contributed by atoms with Crippen molar-refractivity contribution in [1.82, 2.24) is 0 Å². The van der Waals surface area contributed by atoms with Crippen LogP contribution in [0.2, 0.25) is 0 Å². The Hall–Kier alpha value is -0.0300. The van der Waals surface area contributed by atoms with E-state index in [2.05, 4.69) is 17.2 Å². The maximum Gasteiger partial charge on any atom is 0.532 e. The third kappa shape index (κ3) is 5.31. The van der Waals surface area contributed by atoms with E-state index in [-0.39, 0.29) is 19.0 Å². The quantitative estimate of drug-likeness (QED) is 0.553. The van der Waals surface area contributed by atoms with Crippen molar-refractivity contribution in [3.05, 3.63) is 0 Å². The van der Waals surface area contributed by atoms with E-state index in [0.29, 0.717) is 0 Å². The Morgan fingerprint density at radius 3 is 2.08 bits per heavy atom. The zero-order valence-corrected chi connectivity index (χ0v) is 9.35. The van der Waals surface area contributed by atoms with Gasteiger partial charge in [-0.05, 0) is 13.8 Å². The summed E-state index contributed by atoms with van der Waals surface area (Å²) in [6.45, 7) is 3.55. The number of phosphoric ester groups is 1. The topological polar surface area (TPSA) is 61.8 Å². The minimum atomic E-state index is -3.69. The first-order valence-electron chi connectivity index (χ1n) is 3.80. The average Bonchev–Trinajstić information content (AvgIpc) is 2.04. The lowest BCUT2D eigenvalue weighted by molar-refractivity contribution is -0.133. The van der Waals surface area contributed by atoms with E-state index in [4.69, 9.17) is 9.05 Å². The Kier molecular flexibility index (Phi) is 6.41. The van der Waals surface area contributed by atoms with E-state index < -0.39 is 13.8 Å². The van der Waals surface area contributed by atoms with E-state index in [0.717, 1.165) is 0 Å². The van der Waals surface area contributed by atoms with Gasteiger partial charge in [0, 0.05) is 0 Å². The van der Waals surface area contributed by atoms with Gasteiger partial charge in [-0.3, -0.25) is 13.8 Å². The Morgan fingerprint density at radius 1 is 1.31 bits per heavy atom. The van der Waals surface area contributed by atoms with Crippen molar-refractivity contribution < 1.29 is 22.9 Å². The minimum absolute atomic E-state index is 0.150. The molecule has 0 saturated heterocycles. The molecule has 13 heavy (non-hydrogen) atoms. The summed E-state index contributed by atoms with van der Waals surface area (Å²) in [6, 6.07) is 0. The van der Waals surface area contributed by atoms with Crippen molar-refractivity contribution in [1.29, 1.82) is 0 Å². The van der Waals surface area contributed by atoms with Gasteiger partial charge in [-0.2, -0.15) is 12.6 Å². The molecule has 0 bridgehead atoms. The highest BCUT2D eigenvalue weighted by molar-refractivity contribution is 7.81. The maximum absolute atomic E-state index is 11.5. The molecule has 0 aliphatic rings. The summed E-state index contributed by atoms with van der Waals surface area (Å²) in [7, 11) is -3.69. The number of carbonyl (C=O) groups is 1. The molecule has 0 aromatic heterocycles. The van der Waals surface area contributed by atoms with Crippen molar-refractivity contribution in [2.75, 3.05) is 19.0 Å². The van der Waals surface area contributed by atoms with E-state index in [1.807, 2.05) is 0 Å². The second-order valence-corrected chi connectivity index (χ2v) is 3.81. The molecule has 0 heterocycles. The molecule has 0 spiro atoms. The Morgan fingerprint density at radius 2 is 1.77 bits per heavy atom. The van der Waals surface area contributed by atoms with Gasteiger partial charge in [-0.25, -0.2) is 4.57 Å². The Bertz CT molecular complexity index is 197. The third-order valence-electron chi connectivity index (χ3n) is 0.917. The van der Waals surface area contributed by atoms with Crippen LogP contribution in [0.25, 0.3) is 0 Å². The molecule has 0 N–H and O–H groups in total. The zero-order chi connectivity index (χ0) is 10.3. The summed E-state index contributed by atoms with van der Waals surface area (Å²) in [4.78, 5) is 10.7. The van der Waals surface area contributed by atoms with Crippen molar-refractivity contribution in [3.8, 4) is 0 Å². The van der Waals surface area contributed by atoms with Gasteiger partial charge in [-0.15, -0.1) is 0 Å². The van der Waals surface area contributed by atoms with Gasteiger partial charge in [0.1, 0.15) is 0 Å². The SMILES string of the molecule is CCOP(=O)(OCC)OC(=O)CS. The molecule has 0 aromatic rings. The van der Waals surface area contributed by atoms with E-state index in [9.17, 15) is 9.36 Å². The summed E-state index contributed by atoms with van der Waals surface area (Å²) in [5.41, 5.74) is 0. The van der Waals surface area contributed by atoms with E-state index >= 15 is 0 Å². The molecule has 5 nitrogen and oxygen atoms in total. The number of phosphoric acid groups is 1. The van der Waals surface area contributed by atoms with Gasteiger partial charge in [0.2, 0.25) is 0 Å².